The van der Waals surface area contributed by atoms with Crippen molar-refractivity contribution < 1.29 is 26.7 Å². The summed E-state index contributed by atoms with van der Waals surface area (Å²) in [5.41, 5.74) is -0.276. The first-order valence-corrected chi connectivity index (χ1v) is 5.12. The molecule has 7 heteroatoms. The van der Waals surface area contributed by atoms with Crippen LogP contribution in [0.3, 0.4) is 0 Å². The Labute approximate surface area is 102 Å². The van der Waals surface area contributed by atoms with Gasteiger partial charge < -0.3 is 0 Å². The predicted molar refractivity (Wildman–Crippen MR) is 54.2 cm³/mol. The smallest absolute Gasteiger partial charge is 0.287 e. The largest absolute Gasteiger partial charge is 0.461 e. The Bertz CT molecular complexity index is 452. The zero-order valence-electron chi connectivity index (χ0n) is 8.41. The van der Waals surface area contributed by atoms with E-state index in [1.54, 1.807) is 0 Å². The topological polar surface area (TPSA) is 17.1 Å². The van der Waals surface area contributed by atoms with Crippen molar-refractivity contribution in [2.24, 2.45) is 0 Å². The molecule has 0 atom stereocenters. The maximum absolute atomic E-state index is 12.8. The van der Waals surface area contributed by atoms with Gasteiger partial charge in [-0.05, 0) is 24.6 Å². The predicted octanol–water partition coefficient (Wildman–Crippen LogP) is 4.14. The minimum atomic E-state index is -5.88. The van der Waals surface area contributed by atoms with Gasteiger partial charge in [0.15, 0.2) is 0 Å². The molecule has 0 bridgehead atoms. The van der Waals surface area contributed by atoms with Gasteiger partial charge in [-0.15, -0.1) is 0 Å². The number of rotatable bonds is 2. The van der Waals surface area contributed by atoms with Crippen molar-refractivity contribution >= 4 is 21.7 Å². The Balaban J connectivity index is 3.17. The first kappa shape index (κ1) is 14.1. The summed E-state index contributed by atoms with van der Waals surface area (Å²) in [6.07, 6.45) is -5.88. The normalized spacial score (nSPS) is 12.6. The monoisotopic (exact) mass is 316 g/mol. The van der Waals surface area contributed by atoms with Crippen LogP contribution in [-0.4, -0.2) is 17.9 Å². The van der Waals surface area contributed by atoms with Crippen molar-refractivity contribution in [1.29, 1.82) is 0 Å². The highest BCUT2D eigenvalue weighted by Gasteiger charge is 2.63. The summed E-state index contributed by atoms with van der Waals surface area (Å²) in [7, 11) is 0. The van der Waals surface area contributed by atoms with Crippen LogP contribution in [0.4, 0.5) is 22.0 Å². The summed E-state index contributed by atoms with van der Waals surface area (Å²) in [4.78, 5) is 11.1. The van der Waals surface area contributed by atoms with Crippen LogP contribution >= 0.6 is 15.9 Å². The fraction of sp³-hybridized carbons (Fsp3) is 0.300. The molecule has 0 aromatic heterocycles. The maximum Gasteiger partial charge on any atom is 0.461 e. The molecule has 1 aromatic carbocycles. The number of halogens is 6. The molecular formula is C10H6BrF5O. The van der Waals surface area contributed by atoms with E-state index in [1.807, 2.05) is 0 Å². The van der Waals surface area contributed by atoms with Gasteiger partial charge in [0.1, 0.15) is 0 Å². The maximum atomic E-state index is 12.8. The first-order valence-electron chi connectivity index (χ1n) is 4.33. The van der Waals surface area contributed by atoms with E-state index in [-0.39, 0.29) is 0 Å². The van der Waals surface area contributed by atoms with Crippen LogP contribution in [0.15, 0.2) is 22.7 Å². The fourth-order valence-electron chi connectivity index (χ4n) is 1.10. The molecular weight excluding hydrogens is 311 g/mol. The van der Waals surface area contributed by atoms with Crippen LogP contribution in [0.1, 0.15) is 15.9 Å². The summed E-state index contributed by atoms with van der Waals surface area (Å²) in [5.74, 6) is -7.62. The SMILES string of the molecule is Cc1cc(C(=O)C(F)(F)C(F)(F)F)ccc1Br. The van der Waals surface area contributed by atoms with Gasteiger partial charge in [-0.2, -0.15) is 22.0 Å². The molecule has 0 saturated carbocycles. The number of carbonyl (C=O) groups is 1. The molecule has 0 unspecified atom stereocenters. The molecule has 0 aliphatic carbocycles. The van der Waals surface area contributed by atoms with Gasteiger partial charge >= 0.3 is 12.1 Å². The van der Waals surface area contributed by atoms with Crippen molar-refractivity contribution in [1.82, 2.24) is 0 Å². The van der Waals surface area contributed by atoms with Crippen molar-refractivity contribution in [3.63, 3.8) is 0 Å². The summed E-state index contributed by atoms with van der Waals surface area (Å²) in [6, 6.07) is 3.14. The van der Waals surface area contributed by atoms with Crippen molar-refractivity contribution in [2.45, 2.75) is 19.0 Å². The van der Waals surface area contributed by atoms with Crippen LogP contribution in [0.2, 0.25) is 0 Å². The minimum Gasteiger partial charge on any atom is -0.287 e. The Morgan fingerprint density at radius 2 is 1.71 bits per heavy atom. The van der Waals surface area contributed by atoms with Crippen LogP contribution < -0.4 is 0 Å². The summed E-state index contributed by atoms with van der Waals surface area (Å²) < 4.78 is 61.9. The highest BCUT2D eigenvalue weighted by Crippen LogP contribution is 2.38. The van der Waals surface area contributed by atoms with E-state index in [4.69, 9.17) is 0 Å². The summed E-state index contributed by atoms with van der Waals surface area (Å²) in [5, 5.41) is 0. The summed E-state index contributed by atoms with van der Waals surface area (Å²) >= 11 is 3.05. The van der Waals surface area contributed by atoms with E-state index in [0.717, 1.165) is 12.1 Å². The third kappa shape index (κ3) is 2.65. The average molecular weight is 317 g/mol. The number of carbonyl (C=O) groups excluding carboxylic acids is 1. The van der Waals surface area contributed by atoms with Gasteiger partial charge in [-0.1, -0.05) is 22.0 Å². The number of alkyl halides is 5. The molecule has 17 heavy (non-hydrogen) atoms. The Morgan fingerprint density at radius 1 is 1.18 bits per heavy atom. The molecule has 1 rings (SSSR count). The van der Waals surface area contributed by atoms with Gasteiger partial charge in [0.05, 0.1) is 0 Å². The average Bonchev–Trinajstić information content (AvgIpc) is 2.19. The zero-order chi connectivity index (χ0) is 13.4. The lowest BCUT2D eigenvalue weighted by Gasteiger charge is -2.18. The molecule has 0 heterocycles. The molecule has 0 radical (unpaired) electrons. The fourth-order valence-corrected chi connectivity index (χ4v) is 1.34. The van der Waals surface area contributed by atoms with E-state index in [9.17, 15) is 26.7 Å². The molecule has 1 nitrogen and oxygen atoms in total. The highest BCUT2D eigenvalue weighted by molar-refractivity contribution is 9.10. The van der Waals surface area contributed by atoms with E-state index in [2.05, 4.69) is 15.9 Å². The van der Waals surface area contributed by atoms with Crippen LogP contribution in [0.5, 0.6) is 0 Å². The van der Waals surface area contributed by atoms with Crippen molar-refractivity contribution in [3.05, 3.63) is 33.8 Å². The van der Waals surface area contributed by atoms with E-state index in [0.29, 0.717) is 10.0 Å². The van der Waals surface area contributed by atoms with Gasteiger partial charge in [-0.3, -0.25) is 4.79 Å². The Morgan fingerprint density at radius 3 is 2.12 bits per heavy atom. The number of hydrogen-bond acceptors (Lipinski definition) is 1. The Kier molecular flexibility index (Phi) is 3.61. The lowest BCUT2D eigenvalue weighted by molar-refractivity contribution is -0.255. The molecule has 0 N–H and O–H groups in total. The van der Waals surface area contributed by atoms with E-state index < -0.39 is 23.4 Å². The number of ketones is 1. The van der Waals surface area contributed by atoms with Gasteiger partial charge in [-0.25, -0.2) is 0 Å². The molecule has 0 saturated heterocycles. The number of aryl methyl sites for hydroxylation is 1. The number of Topliss-reactive ketones (excluding diaryl/α,β-unsaturated/α-hetero) is 1. The quantitative estimate of drug-likeness (QED) is 0.592. The highest BCUT2D eigenvalue weighted by atomic mass is 79.9. The minimum absolute atomic E-state index is 0.397. The number of benzene rings is 1. The third-order valence-electron chi connectivity index (χ3n) is 2.06. The van der Waals surface area contributed by atoms with E-state index >= 15 is 0 Å². The molecule has 0 amide bonds. The molecule has 0 spiro atoms. The molecule has 94 valence electrons. The second kappa shape index (κ2) is 4.36. The van der Waals surface area contributed by atoms with Crippen molar-refractivity contribution in [2.75, 3.05) is 0 Å². The first-order chi connectivity index (χ1) is 7.57. The van der Waals surface area contributed by atoms with Gasteiger partial charge in [0, 0.05) is 10.0 Å². The zero-order valence-corrected chi connectivity index (χ0v) is 9.99. The molecule has 0 aliphatic rings. The van der Waals surface area contributed by atoms with Crippen LogP contribution in [0, 0.1) is 6.92 Å². The molecule has 1 aromatic rings. The lowest BCUT2D eigenvalue weighted by atomic mass is 10.0. The number of hydrogen-bond donors (Lipinski definition) is 0. The lowest BCUT2D eigenvalue weighted by Crippen LogP contribution is -2.44. The van der Waals surface area contributed by atoms with Crippen LogP contribution in [0.25, 0.3) is 0 Å². The second-order valence-electron chi connectivity index (χ2n) is 3.37. The standard InChI is InChI=1S/C10H6BrF5O/c1-5-4-6(2-3-7(5)11)8(17)9(12,13)10(14,15)16/h2-4H,1H3. The second-order valence-corrected chi connectivity index (χ2v) is 4.22. The van der Waals surface area contributed by atoms with Gasteiger partial charge in [0.25, 0.3) is 0 Å². The molecule has 0 fully saturated rings. The van der Waals surface area contributed by atoms with E-state index in [1.165, 1.54) is 13.0 Å². The summed E-state index contributed by atoms with van der Waals surface area (Å²) in [6.45, 7) is 1.48. The van der Waals surface area contributed by atoms with Gasteiger partial charge in [0.2, 0.25) is 5.78 Å². The Hall–Kier alpha value is -0.980. The third-order valence-corrected chi connectivity index (χ3v) is 2.95. The van der Waals surface area contributed by atoms with Crippen LogP contribution in [-0.2, 0) is 0 Å². The van der Waals surface area contributed by atoms with Crippen molar-refractivity contribution in [3.8, 4) is 0 Å². The molecule has 0 aliphatic heterocycles.